The monoisotopic (exact) mass is 442 g/mol. The Kier molecular flexibility index (Phi) is 4.50. The molecule has 0 unspecified atom stereocenters. The molecule has 2 nitrogen and oxygen atoms in total. The van der Waals surface area contributed by atoms with Crippen LogP contribution in [-0.4, -0.2) is 9.97 Å². The highest BCUT2D eigenvalue weighted by molar-refractivity contribution is 6.02. The maximum Gasteiger partial charge on any atom is 0.0544 e. The number of benzene rings is 3. The first-order chi connectivity index (χ1) is 16.3. The van der Waals surface area contributed by atoms with Crippen molar-refractivity contribution < 1.29 is 0 Å². The van der Waals surface area contributed by atoms with Crippen LogP contribution in [0.3, 0.4) is 0 Å². The fraction of sp³-hybridized carbons (Fsp3) is 0.188. The van der Waals surface area contributed by atoms with Crippen LogP contribution in [0.2, 0.25) is 0 Å². The number of aryl methyl sites for hydroxylation is 4. The molecule has 2 heterocycles. The average Bonchev–Trinajstić information content (AvgIpc) is 3.39. The molecule has 0 fully saturated rings. The molecule has 0 saturated heterocycles. The first kappa shape index (κ1) is 20.8. The summed E-state index contributed by atoms with van der Waals surface area (Å²) < 4.78 is 0. The van der Waals surface area contributed by atoms with E-state index in [0.717, 1.165) is 5.69 Å². The Balaban J connectivity index is 1.65. The molecule has 2 N–H and O–H groups in total. The standard InChI is InChI=1S/C32H30N2/c1-17-11-12-24-26(15-17)32(29-19(3)13-18(2)14-20(29)4)34-28(24)16-27-22(6)30-21(5)23-9-7-8-10-25(23)31(30)33-27/h7-16,33-34H,1-6H3. The van der Waals surface area contributed by atoms with Crippen LogP contribution in [0, 0.1) is 45.2 Å². The van der Waals surface area contributed by atoms with Crippen LogP contribution in [-0.2, 0) is 0 Å². The molecule has 0 atom stereocenters. The van der Waals surface area contributed by atoms with Crippen LogP contribution in [0.5, 0.6) is 0 Å². The lowest BCUT2D eigenvalue weighted by atomic mass is 9.95. The summed E-state index contributed by atoms with van der Waals surface area (Å²) in [4.78, 5) is 7.58. The third-order valence-corrected chi connectivity index (χ3v) is 7.47. The molecule has 0 saturated carbocycles. The second kappa shape index (κ2) is 7.36. The zero-order chi connectivity index (χ0) is 23.7. The Labute approximate surface area is 200 Å². The Hall–Kier alpha value is -3.78. The number of hydrogen-bond donors (Lipinski definition) is 2. The van der Waals surface area contributed by atoms with E-state index in [1.807, 2.05) is 0 Å². The van der Waals surface area contributed by atoms with Crippen molar-refractivity contribution in [3.8, 4) is 11.3 Å². The quantitative estimate of drug-likeness (QED) is 0.319. The first-order valence-corrected chi connectivity index (χ1v) is 12.0. The van der Waals surface area contributed by atoms with Crippen molar-refractivity contribution in [2.75, 3.05) is 0 Å². The van der Waals surface area contributed by atoms with Gasteiger partial charge in [0.15, 0.2) is 0 Å². The predicted molar refractivity (Wildman–Crippen MR) is 143 cm³/mol. The molecular formula is C32H30N2. The molecule has 2 aromatic heterocycles. The molecule has 0 amide bonds. The third-order valence-electron chi connectivity index (χ3n) is 7.47. The van der Waals surface area contributed by atoms with Crippen LogP contribution in [0.15, 0.2) is 54.6 Å². The molecule has 3 aromatic carbocycles. The number of fused-ring (bicyclic) bond motifs is 3. The van der Waals surface area contributed by atoms with Crippen molar-refractivity contribution in [1.82, 2.24) is 9.97 Å². The Morgan fingerprint density at radius 3 is 2.09 bits per heavy atom. The molecule has 0 aliphatic heterocycles. The minimum atomic E-state index is 1.15. The van der Waals surface area contributed by atoms with Gasteiger partial charge in [-0.05, 0) is 81.2 Å². The lowest BCUT2D eigenvalue weighted by molar-refractivity contribution is 1.22. The molecule has 0 spiro atoms. The summed E-state index contributed by atoms with van der Waals surface area (Å²) in [6, 6.07) is 20.0. The van der Waals surface area contributed by atoms with Crippen LogP contribution in [0.4, 0.5) is 0 Å². The normalized spacial score (nSPS) is 13.1. The van der Waals surface area contributed by atoms with Gasteiger partial charge in [0.25, 0.3) is 0 Å². The van der Waals surface area contributed by atoms with Gasteiger partial charge in [0, 0.05) is 38.2 Å². The SMILES string of the molecule is CC1=c2ccccc2=c2[nH]c(=Cc3[nH]c(-c4c(C)cc(C)cc4C)c4cc(C)ccc34)c(C)c21. The van der Waals surface area contributed by atoms with E-state index in [9.17, 15) is 0 Å². The highest BCUT2D eigenvalue weighted by Gasteiger charge is 2.17. The fourth-order valence-corrected chi connectivity index (χ4v) is 5.99. The topological polar surface area (TPSA) is 31.6 Å². The Bertz CT molecular complexity index is 1840. The lowest BCUT2D eigenvalue weighted by Crippen LogP contribution is -2.09. The number of nitrogens with one attached hydrogen (secondary N) is 2. The van der Waals surface area contributed by atoms with Crippen molar-refractivity contribution >= 4 is 22.4 Å². The van der Waals surface area contributed by atoms with E-state index in [1.54, 1.807) is 0 Å². The summed E-state index contributed by atoms with van der Waals surface area (Å²) in [6.07, 6.45) is 2.30. The second-order valence-corrected chi connectivity index (χ2v) is 9.97. The molecule has 34 heavy (non-hydrogen) atoms. The van der Waals surface area contributed by atoms with Crippen LogP contribution in [0.1, 0.15) is 46.0 Å². The largest absolute Gasteiger partial charge is 0.354 e. The van der Waals surface area contributed by atoms with Gasteiger partial charge in [0.1, 0.15) is 0 Å². The van der Waals surface area contributed by atoms with Crippen LogP contribution >= 0.6 is 0 Å². The highest BCUT2D eigenvalue weighted by Crippen LogP contribution is 2.36. The van der Waals surface area contributed by atoms with Gasteiger partial charge >= 0.3 is 0 Å². The molecule has 0 radical (unpaired) electrons. The number of H-pyrrole nitrogens is 2. The number of aromatic amines is 2. The molecule has 0 bridgehead atoms. The molecule has 6 rings (SSSR count). The van der Waals surface area contributed by atoms with Gasteiger partial charge in [0.05, 0.1) is 11.0 Å². The summed E-state index contributed by atoms with van der Waals surface area (Å²) in [7, 11) is 0. The van der Waals surface area contributed by atoms with E-state index in [0.29, 0.717) is 0 Å². The minimum Gasteiger partial charge on any atom is -0.354 e. The van der Waals surface area contributed by atoms with Crippen LogP contribution < -0.4 is 10.6 Å². The van der Waals surface area contributed by atoms with Gasteiger partial charge in [0.2, 0.25) is 0 Å². The Morgan fingerprint density at radius 1 is 0.647 bits per heavy atom. The van der Waals surface area contributed by atoms with Crippen LogP contribution in [0.25, 0.3) is 33.7 Å². The summed E-state index contributed by atoms with van der Waals surface area (Å²) >= 11 is 0. The van der Waals surface area contributed by atoms with Crippen molar-refractivity contribution in [1.29, 1.82) is 0 Å². The van der Waals surface area contributed by atoms with Gasteiger partial charge in [-0.3, -0.25) is 0 Å². The zero-order valence-corrected chi connectivity index (χ0v) is 20.8. The fourth-order valence-electron chi connectivity index (χ4n) is 5.99. The predicted octanol–water partition coefficient (Wildman–Crippen LogP) is 6.35. The molecule has 168 valence electrons. The smallest absolute Gasteiger partial charge is 0.0544 e. The summed E-state index contributed by atoms with van der Waals surface area (Å²) in [5.41, 5.74) is 12.9. The average molecular weight is 443 g/mol. The highest BCUT2D eigenvalue weighted by atomic mass is 14.7. The van der Waals surface area contributed by atoms with E-state index in [-0.39, 0.29) is 0 Å². The Morgan fingerprint density at radius 2 is 1.35 bits per heavy atom. The molecular weight excluding hydrogens is 412 g/mol. The van der Waals surface area contributed by atoms with E-state index < -0.39 is 0 Å². The van der Waals surface area contributed by atoms with Crippen molar-refractivity contribution in [3.05, 3.63) is 115 Å². The summed E-state index contributed by atoms with van der Waals surface area (Å²) in [5, 5.41) is 7.60. The van der Waals surface area contributed by atoms with E-state index in [1.165, 1.54) is 82.1 Å². The molecule has 2 heteroatoms. The lowest BCUT2D eigenvalue weighted by Gasteiger charge is -2.11. The van der Waals surface area contributed by atoms with E-state index >= 15 is 0 Å². The van der Waals surface area contributed by atoms with Crippen molar-refractivity contribution in [2.45, 2.75) is 41.5 Å². The first-order valence-electron chi connectivity index (χ1n) is 12.0. The second-order valence-electron chi connectivity index (χ2n) is 9.97. The van der Waals surface area contributed by atoms with E-state index in [2.05, 4.69) is 112 Å². The van der Waals surface area contributed by atoms with Gasteiger partial charge in [-0.1, -0.05) is 59.7 Å². The zero-order valence-electron chi connectivity index (χ0n) is 20.8. The third kappa shape index (κ3) is 2.95. The number of hydrogen-bond acceptors (Lipinski definition) is 0. The molecule has 1 aliphatic carbocycles. The van der Waals surface area contributed by atoms with Crippen molar-refractivity contribution in [2.24, 2.45) is 0 Å². The van der Waals surface area contributed by atoms with Gasteiger partial charge < -0.3 is 9.97 Å². The number of rotatable bonds is 2. The maximum absolute atomic E-state index is 3.82. The minimum absolute atomic E-state index is 1.15. The summed E-state index contributed by atoms with van der Waals surface area (Å²) in [6.45, 7) is 13.3. The molecule has 5 aromatic rings. The van der Waals surface area contributed by atoms with Gasteiger partial charge in [-0.2, -0.15) is 0 Å². The van der Waals surface area contributed by atoms with E-state index in [4.69, 9.17) is 0 Å². The summed E-state index contributed by atoms with van der Waals surface area (Å²) in [5.74, 6) is 0. The van der Waals surface area contributed by atoms with Crippen molar-refractivity contribution in [3.63, 3.8) is 0 Å². The molecule has 1 aliphatic rings. The number of aromatic nitrogens is 2. The van der Waals surface area contributed by atoms with Gasteiger partial charge in [-0.25, -0.2) is 0 Å². The maximum atomic E-state index is 3.82. The van der Waals surface area contributed by atoms with Gasteiger partial charge in [-0.15, -0.1) is 0 Å².